The predicted octanol–water partition coefficient (Wildman–Crippen LogP) is 5.79. The molecule has 0 spiro atoms. The summed E-state index contributed by atoms with van der Waals surface area (Å²) in [6, 6.07) is 9.37. The van der Waals surface area contributed by atoms with Crippen molar-refractivity contribution in [1.82, 2.24) is 4.90 Å². The quantitative estimate of drug-likeness (QED) is 0.437. The maximum Gasteiger partial charge on any atom is 0.410 e. The maximum absolute atomic E-state index is 13.1. The first kappa shape index (κ1) is 22.6. The number of thioether (sulfide) groups is 1. The predicted molar refractivity (Wildman–Crippen MR) is 118 cm³/mol. The molecule has 30 heavy (non-hydrogen) atoms. The number of ether oxygens (including phenoxy) is 1. The van der Waals surface area contributed by atoms with Crippen molar-refractivity contribution >= 4 is 35.2 Å². The Morgan fingerprint density at radius 3 is 2.43 bits per heavy atom. The van der Waals surface area contributed by atoms with E-state index in [-0.39, 0.29) is 23.4 Å². The van der Waals surface area contributed by atoms with Crippen molar-refractivity contribution in [2.75, 3.05) is 18.8 Å². The van der Waals surface area contributed by atoms with Gasteiger partial charge in [-0.1, -0.05) is 17.7 Å². The highest BCUT2D eigenvalue weighted by molar-refractivity contribution is 8.00. The zero-order valence-corrected chi connectivity index (χ0v) is 18.9. The van der Waals surface area contributed by atoms with E-state index in [9.17, 15) is 14.0 Å². The molecule has 0 saturated heterocycles. The Morgan fingerprint density at radius 2 is 1.77 bits per heavy atom. The number of fused-ring (bicyclic) bond motifs is 1. The molecule has 1 heterocycles. The number of carbonyl (C=O) groups excluding carboxylic acids is 2. The van der Waals surface area contributed by atoms with Gasteiger partial charge < -0.3 is 9.64 Å². The Hall–Kier alpha value is -2.05. The second-order valence-corrected chi connectivity index (χ2v) is 9.59. The summed E-state index contributed by atoms with van der Waals surface area (Å²) < 4.78 is 18.6. The van der Waals surface area contributed by atoms with Gasteiger partial charge >= 0.3 is 6.09 Å². The summed E-state index contributed by atoms with van der Waals surface area (Å²) in [6.45, 7) is 6.66. The van der Waals surface area contributed by atoms with Gasteiger partial charge in [-0.2, -0.15) is 0 Å². The molecule has 0 N–H and O–H groups in total. The molecule has 0 fully saturated rings. The van der Waals surface area contributed by atoms with Crippen LogP contribution in [0.1, 0.15) is 42.3 Å². The maximum atomic E-state index is 13.1. The van der Waals surface area contributed by atoms with E-state index in [0.717, 1.165) is 16.0 Å². The number of Topliss-reactive ketones (excluding diaryl/α,β-unsaturated/α-hetero) is 1. The van der Waals surface area contributed by atoms with E-state index in [4.69, 9.17) is 16.3 Å². The van der Waals surface area contributed by atoms with Crippen LogP contribution in [0, 0.1) is 5.82 Å². The van der Waals surface area contributed by atoms with Crippen molar-refractivity contribution in [3.63, 3.8) is 0 Å². The Bertz CT molecular complexity index is 941. The third-order valence-corrected chi connectivity index (χ3v) is 6.35. The number of amides is 1. The first-order chi connectivity index (χ1) is 14.1. The monoisotopic (exact) mass is 449 g/mol. The summed E-state index contributed by atoms with van der Waals surface area (Å²) in [4.78, 5) is 27.6. The molecule has 0 aromatic heterocycles. The van der Waals surface area contributed by atoms with Gasteiger partial charge in [0.05, 0.1) is 10.8 Å². The van der Waals surface area contributed by atoms with Crippen LogP contribution in [0.15, 0.2) is 41.3 Å². The number of hydrogen-bond acceptors (Lipinski definition) is 4. The Morgan fingerprint density at radius 1 is 1.10 bits per heavy atom. The molecule has 0 unspecified atom stereocenters. The average Bonchev–Trinajstić information content (AvgIpc) is 2.89. The second-order valence-electron chi connectivity index (χ2n) is 8.20. The van der Waals surface area contributed by atoms with Crippen LogP contribution in [0.4, 0.5) is 9.18 Å². The lowest BCUT2D eigenvalue weighted by Crippen LogP contribution is -2.38. The molecule has 0 bridgehead atoms. The van der Waals surface area contributed by atoms with E-state index >= 15 is 0 Å². The molecule has 2 aromatic carbocycles. The van der Waals surface area contributed by atoms with Gasteiger partial charge in [0.25, 0.3) is 0 Å². The third kappa shape index (κ3) is 5.76. The normalized spacial score (nSPS) is 14.1. The van der Waals surface area contributed by atoms with E-state index in [2.05, 4.69) is 0 Å². The van der Waals surface area contributed by atoms with Gasteiger partial charge in [-0.25, -0.2) is 9.18 Å². The van der Waals surface area contributed by atoms with Gasteiger partial charge in [0.1, 0.15) is 11.4 Å². The molecule has 0 radical (unpaired) electrons. The van der Waals surface area contributed by atoms with Crippen molar-refractivity contribution in [3.8, 4) is 0 Å². The highest BCUT2D eigenvalue weighted by atomic mass is 35.5. The fourth-order valence-corrected chi connectivity index (χ4v) is 4.68. The molecular formula is C23H25ClFNO3S. The summed E-state index contributed by atoms with van der Waals surface area (Å²) in [7, 11) is 0. The minimum absolute atomic E-state index is 0.0855. The summed E-state index contributed by atoms with van der Waals surface area (Å²) >= 11 is 7.85. The molecule has 7 heteroatoms. The largest absolute Gasteiger partial charge is 0.444 e. The van der Waals surface area contributed by atoms with Crippen molar-refractivity contribution in [1.29, 1.82) is 0 Å². The van der Waals surface area contributed by atoms with E-state index in [1.807, 2.05) is 32.9 Å². The van der Waals surface area contributed by atoms with Crippen LogP contribution in [0.25, 0.3) is 0 Å². The Balaban J connectivity index is 1.72. The standard InChI is InChI=1S/C23H25ClFNO3S/c1-23(2,3)29-22(28)26-12-10-15-6-9-19(24)21(18(15)11-13-26)30-14-20(27)16-4-7-17(25)8-5-16/h4-9H,10-14H2,1-3H3. The summed E-state index contributed by atoms with van der Waals surface area (Å²) in [5.74, 6) is -0.250. The average molecular weight is 450 g/mol. The number of benzene rings is 2. The van der Waals surface area contributed by atoms with Crippen LogP contribution in [0.2, 0.25) is 5.02 Å². The molecule has 1 amide bonds. The first-order valence-corrected chi connectivity index (χ1v) is 11.2. The number of ketones is 1. The molecule has 160 valence electrons. The van der Waals surface area contributed by atoms with Gasteiger partial charge in [0.15, 0.2) is 5.78 Å². The number of halogens is 2. The van der Waals surface area contributed by atoms with Gasteiger partial charge in [-0.3, -0.25) is 4.79 Å². The minimum atomic E-state index is -0.540. The lowest BCUT2D eigenvalue weighted by molar-refractivity contribution is 0.0258. The molecular weight excluding hydrogens is 425 g/mol. The van der Waals surface area contributed by atoms with Gasteiger partial charge in [-0.15, -0.1) is 11.8 Å². The van der Waals surface area contributed by atoms with Crippen LogP contribution >= 0.6 is 23.4 Å². The number of hydrogen-bond donors (Lipinski definition) is 0. The van der Waals surface area contributed by atoms with Gasteiger partial charge in [0.2, 0.25) is 0 Å². The molecule has 4 nitrogen and oxygen atoms in total. The lowest BCUT2D eigenvalue weighted by atomic mass is 10.0. The van der Waals surface area contributed by atoms with Crippen molar-refractivity contribution in [2.45, 2.75) is 44.1 Å². The SMILES string of the molecule is CC(C)(C)OC(=O)N1CCc2ccc(Cl)c(SCC(=O)c3ccc(F)cc3)c2CC1. The summed E-state index contributed by atoms with van der Waals surface area (Å²) in [5, 5.41) is 0.594. The first-order valence-electron chi connectivity index (χ1n) is 9.84. The second kappa shape index (κ2) is 9.40. The number of carbonyl (C=O) groups is 2. The van der Waals surface area contributed by atoms with Gasteiger partial charge in [0, 0.05) is 23.5 Å². The Labute approximate surface area is 185 Å². The zero-order chi connectivity index (χ0) is 21.9. The molecule has 0 saturated carbocycles. The van der Waals surface area contributed by atoms with Crippen LogP contribution in [0.3, 0.4) is 0 Å². The van der Waals surface area contributed by atoms with Gasteiger partial charge in [-0.05, 0) is 75.1 Å². The molecule has 1 aliphatic heterocycles. The molecule has 2 aromatic rings. The fourth-order valence-electron chi connectivity index (χ4n) is 3.28. The number of rotatable bonds is 4. The molecule has 3 rings (SSSR count). The van der Waals surface area contributed by atoms with Crippen molar-refractivity contribution < 1.29 is 18.7 Å². The molecule has 0 aliphatic carbocycles. The summed E-state index contributed by atoms with van der Waals surface area (Å²) in [6.07, 6.45) is 1.02. The van der Waals surface area contributed by atoms with E-state index in [0.29, 0.717) is 36.5 Å². The highest BCUT2D eigenvalue weighted by Gasteiger charge is 2.26. The number of nitrogens with zero attached hydrogens (tertiary/aromatic N) is 1. The fraction of sp³-hybridized carbons (Fsp3) is 0.391. The van der Waals surface area contributed by atoms with Crippen LogP contribution in [0.5, 0.6) is 0 Å². The third-order valence-electron chi connectivity index (χ3n) is 4.76. The van der Waals surface area contributed by atoms with Crippen molar-refractivity contribution in [3.05, 3.63) is 63.9 Å². The van der Waals surface area contributed by atoms with Crippen molar-refractivity contribution in [2.24, 2.45) is 0 Å². The van der Waals surface area contributed by atoms with Crippen LogP contribution in [-0.2, 0) is 17.6 Å². The lowest BCUT2D eigenvalue weighted by Gasteiger charge is -2.26. The van der Waals surface area contributed by atoms with E-state index in [1.54, 1.807) is 4.90 Å². The zero-order valence-electron chi connectivity index (χ0n) is 17.3. The van der Waals surface area contributed by atoms with E-state index < -0.39 is 5.60 Å². The molecule has 1 aliphatic rings. The van der Waals surface area contributed by atoms with E-state index in [1.165, 1.54) is 36.0 Å². The Kier molecular flexibility index (Phi) is 7.09. The highest BCUT2D eigenvalue weighted by Crippen LogP contribution is 2.35. The van der Waals surface area contributed by atoms with Crippen LogP contribution < -0.4 is 0 Å². The smallest absolute Gasteiger partial charge is 0.410 e. The molecule has 0 atom stereocenters. The van der Waals surface area contributed by atoms with Crippen LogP contribution in [-0.4, -0.2) is 41.2 Å². The topological polar surface area (TPSA) is 46.6 Å². The minimum Gasteiger partial charge on any atom is -0.444 e. The summed E-state index contributed by atoms with van der Waals surface area (Å²) in [5.41, 5.74) is 2.13.